The molecular weight excluding hydrogens is 524 g/mol. The molecule has 1 N–H and O–H groups in total. The summed E-state index contributed by atoms with van der Waals surface area (Å²) < 4.78 is 32.5. The molecule has 5 rings (SSSR count). The fraction of sp³-hybridized carbons (Fsp3) is 0.174. The Morgan fingerprint density at radius 1 is 1.14 bits per heavy atom. The fourth-order valence-electron chi connectivity index (χ4n) is 3.79. The number of amides is 1. The number of methoxy groups -OCH3 is 1. The van der Waals surface area contributed by atoms with Crippen LogP contribution < -0.4 is 10.1 Å². The van der Waals surface area contributed by atoms with Crippen molar-refractivity contribution in [1.82, 2.24) is 24.2 Å². The first-order chi connectivity index (χ1) is 17.3. The van der Waals surface area contributed by atoms with Gasteiger partial charge in [0.15, 0.2) is 10.2 Å². The number of pyridine rings is 3. The van der Waals surface area contributed by atoms with Crippen LogP contribution in [-0.2, 0) is 23.1 Å². The number of hydrogen-bond acceptors (Lipinski definition) is 9. The van der Waals surface area contributed by atoms with Crippen LogP contribution in [0, 0.1) is 6.92 Å². The third-order valence-electron chi connectivity index (χ3n) is 5.52. The van der Waals surface area contributed by atoms with Gasteiger partial charge in [0.25, 0.3) is 15.9 Å². The van der Waals surface area contributed by atoms with Gasteiger partial charge in [-0.3, -0.25) is 15.1 Å². The van der Waals surface area contributed by atoms with Crippen LogP contribution in [0.4, 0.5) is 5.13 Å². The van der Waals surface area contributed by atoms with Crippen molar-refractivity contribution >= 4 is 44.0 Å². The standard InChI is InChI=1S/C23H19ClN6O4S2/c1-13-7-14(15-8-20(24)27-10-18(15)34-2)16(9-26-13)22(31)29-23-28-17-11-30(12-19(17)35-23)36(32,33)21-5-3-4-6-25-21/h3-10H,11-12H2,1-2H3,(H,28,29,31). The molecule has 0 fully saturated rings. The second kappa shape index (κ2) is 9.54. The van der Waals surface area contributed by atoms with E-state index >= 15 is 0 Å². The van der Waals surface area contributed by atoms with Crippen molar-refractivity contribution in [2.45, 2.75) is 25.0 Å². The number of fused-ring (bicyclic) bond motifs is 1. The molecule has 4 aromatic heterocycles. The fourth-order valence-corrected chi connectivity index (χ4v) is 6.31. The molecular formula is C23H19ClN6O4S2. The van der Waals surface area contributed by atoms with E-state index in [2.05, 4.69) is 25.3 Å². The highest BCUT2D eigenvalue weighted by Gasteiger charge is 2.34. The number of sulfonamides is 1. The molecule has 4 aromatic rings. The van der Waals surface area contributed by atoms with E-state index in [0.29, 0.717) is 39.0 Å². The highest BCUT2D eigenvalue weighted by Crippen LogP contribution is 2.36. The predicted molar refractivity (Wildman–Crippen MR) is 135 cm³/mol. The average Bonchev–Trinajstić information content (AvgIpc) is 3.44. The largest absolute Gasteiger partial charge is 0.494 e. The zero-order valence-electron chi connectivity index (χ0n) is 19.1. The molecule has 0 saturated heterocycles. The van der Waals surface area contributed by atoms with Crippen molar-refractivity contribution in [3.8, 4) is 16.9 Å². The minimum atomic E-state index is -3.74. The lowest BCUT2D eigenvalue weighted by Gasteiger charge is -2.15. The maximum atomic E-state index is 13.3. The Morgan fingerprint density at radius 3 is 2.69 bits per heavy atom. The van der Waals surface area contributed by atoms with Crippen LogP contribution in [-0.4, -0.2) is 45.7 Å². The summed E-state index contributed by atoms with van der Waals surface area (Å²) in [4.78, 5) is 30.7. The van der Waals surface area contributed by atoms with Crippen LogP contribution in [0.2, 0.25) is 5.15 Å². The molecule has 0 saturated carbocycles. The van der Waals surface area contributed by atoms with E-state index in [1.807, 2.05) is 6.92 Å². The van der Waals surface area contributed by atoms with E-state index < -0.39 is 15.9 Å². The first kappa shape index (κ1) is 24.3. The third kappa shape index (κ3) is 4.55. The van der Waals surface area contributed by atoms with Gasteiger partial charge in [-0.1, -0.05) is 29.0 Å². The number of ether oxygens (including phenoxy) is 1. The van der Waals surface area contributed by atoms with E-state index in [1.54, 1.807) is 24.3 Å². The van der Waals surface area contributed by atoms with E-state index in [4.69, 9.17) is 16.3 Å². The van der Waals surface area contributed by atoms with Crippen LogP contribution in [0.25, 0.3) is 11.1 Å². The predicted octanol–water partition coefficient (Wildman–Crippen LogP) is 3.92. The van der Waals surface area contributed by atoms with Crippen molar-refractivity contribution in [2.75, 3.05) is 12.4 Å². The van der Waals surface area contributed by atoms with Crippen molar-refractivity contribution < 1.29 is 17.9 Å². The summed E-state index contributed by atoms with van der Waals surface area (Å²) in [6.07, 6.45) is 4.41. The second-order valence-corrected chi connectivity index (χ2v) is 11.2. The first-order valence-electron chi connectivity index (χ1n) is 10.6. The number of carbonyl (C=O) groups is 1. The van der Waals surface area contributed by atoms with Crippen molar-refractivity contribution in [3.63, 3.8) is 0 Å². The minimum Gasteiger partial charge on any atom is -0.494 e. The summed E-state index contributed by atoms with van der Waals surface area (Å²) in [6, 6.07) is 8.14. The molecule has 13 heteroatoms. The number of nitrogens with zero attached hydrogens (tertiary/aromatic N) is 5. The zero-order valence-corrected chi connectivity index (χ0v) is 21.5. The number of aromatic nitrogens is 4. The van der Waals surface area contributed by atoms with Gasteiger partial charge in [-0.05, 0) is 31.2 Å². The van der Waals surface area contributed by atoms with Gasteiger partial charge in [0.05, 0.1) is 37.7 Å². The Morgan fingerprint density at radius 2 is 1.97 bits per heavy atom. The van der Waals surface area contributed by atoms with Gasteiger partial charge < -0.3 is 4.74 Å². The lowest BCUT2D eigenvalue weighted by atomic mass is 10.0. The summed E-state index contributed by atoms with van der Waals surface area (Å²) in [5.74, 6) is 0.0411. The smallest absolute Gasteiger partial charge is 0.261 e. The van der Waals surface area contributed by atoms with Gasteiger partial charge in [0.1, 0.15) is 10.9 Å². The molecule has 0 radical (unpaired) electrons. The molecule has 1 aliphatic rings. The molecule has 5 heterocycles. The molecule has 36 heavy (non-hydrogen) atoms. The van der Waals surface area contributed by atoms with Crippen molar-refractivity contribution in [2.24, 2.45) is 0 Å². The third-order valence-corrected chi connectivity index (χ3v) is 8.43. The number of hydrogen-bond donors (Lipinski definition) is 1. The quantitative estimate of drug-likeness (QED) is 0.363. The zero-order chi connectivity index (χ0) is 25.4. The Labute approximate surface area is 216 Å². The van der Waals surface area contributed by atoms with E-state index in [0.717, 1.165) is 4.88 Å². The molecule has 0 bridgehead atoms. The Kier molecular flexibility index (Phi) is 6.43. The van der Waals surface area contributed by atoms with Crippen LogP contribution in [0.3, 0.4) is 0 Å². The van der Waals surface area contributed by atoms with E-state index in [9.17, 15) is 13.2 Å². The highest BCUT2D eigenvalue weighted by molar-refractivity contribution is 7.89. The minimum absolute atomic E-state index is 0.0141. The number of rotatable bonds is 6. The van der Waals surface area contributed by atoms with Crippen LogP contribution in [0.5, 0.6) is 5.75 Å². The highest BCUT2D eigenvalue weighted by atomic mass is 35.5. The van der Waals surface area contributed by atoms with Gasteiger partial charge >= 0.3 is 0 Å². The van der Waals surface area contributed by atoms with Gasteiger partial charge in [0.2, 0.25) is 0 Å². The maximum Gasteiger partial charge on any atom is 0.261 e. The van der Waals surface area contributed by atoms with E-state index in [1.165, 1.54) is 47.4 Å². The Hall–Kier alpha value is -3.45. The lowest BCUT2D eigenvalue weighted by Crippen LogP contribution is -2.26. The van der Waals surface area contributed by atoms with Gasteiger partial charge in [-0.15, -0.1) is 0 Å². The molecule has 1 aliphatic heterocycles. The molecule has 1 amide bonds. The summed E-state index contributed by atoms with van der Waals surface area (Å²) >= 11 is 7.34. The van der Waals surface area contributed by atoms with Crippen LogP contribution in [0.15, 0.2) is 53.9 Å². The molecule has 0 atom stereocenters. The molecule has 0 aliphatic carbocycles. The van der Waals surface area contributed by atoms with Gasteiger partial charge in [0, 0.05) is 34.1 Å². The normalized spacial score (nSPS) is 13.4. The van der Waals surface area contributed by atoms with Crippen LogP contribution >= 0.6 is 22.9 Å². The second-order valence-electron chi connectivity index (χ2n) is 7.86. The summed E-state index contributed by atoms with van der Waals surface area (Å²) in [7, 11) is -2.23. The monoisotopic (exact) mass is 542 g/mol. The Balaban J connectivity index is 1.39. The number of aryl methyl sites for hydroxylation is 1. The molecule has 0 spiro atoms. The number of anilines is 1. The average molecular weight is 543 g/mol. The Bertz CT molecular complexity index is 1550. The summed E-state index contributed by atoms with van der Waals surface area (Å²) in [5, 5.41) is 3.42. The number of carbonyl (C=O) groups excluding carboxylic acids is 1. The van der Waals surface area contributed by atoms with Gasteiger partial charge in [-0.25, -0.2) is 23.4 Å². The number of halogens is 1. The first-order valence-corrected chi connectivity index (χ1v) is 13.3. The molecule has 0 aromatic carbocycles. The topological polar surface area (TPSA) is 127 Å². The lowest BCUT2D eigenvalue weighted by molar-refractivity contribution is 0.102. The molecule has 184 valence electrons. The van der Waals surface area contributed by atoms with Crippen molar-refractivity contribution in [3.05, 3.63) is 75.9 Å². The van der Waals surface area contributed by atoms with Gasteiger partial charge in [-0.2, -0.15) is 4.31 Å². The summed E-state index contributed by atoms with van der Waals surface area (Å²) in [5.41, 5.74) is 2.79. The number of nitrogens with one attached hydrogen (secondary N) is 1. The molecule has 0 unspecified atom stereocenters. The maximum absolute atomic E-state index is 13.3. The molecule has 10 nitrogen and oxygen atoms in total. The van der Waals surface area contributed by atoms with Crippen molar-refractivity contribution in [1.29, 1.82) is 0 Å². The van der Waals surface area contributed by atoms with Crippen LogP contribution in [0.1, 0.15) is 26.6 Å². The SMILES string of the molecule is COc1cnc(Cl)cc1-c1cc(C)ncc1C(=O)Nc1nc2c(s1)CN(S(=O)(=O)c1ccccn1)C2. The summed E-state index contributed by atoms with van der Waals surface area (Å²) in [6.45, 7) is 2.08. The van der Waals surface area contributed by atoms with E-state index in [-0.39, 0.29) is 23.3 Å². The number of thiazole rings is 1.